The van der Waals surface area contributed by atoms with E-state index < -0.39 is 0 Å². The van der Waals surface area contributed by atoms with E-state index in [1.54, 1.807) is 30.6 Å². The number of benzene rings is 1. The number of likely N-dealkylation sites (N-methyl/N-ethyl adjacent to an activating group) is 1. The standard InChI is InChI=1S/C14H16N2O3S/c1-15-12(14-13(19-2)7-8-20-14)9-10-3-5-11(6-4-10)16(17)18/h3-8,12,15H,9H2,1-2H3. The Bertz CT molecular complexity index is 580. The Labute approximate surface area is 121 Å². The highest BCUT2D eigenvalue weighted by molar-refractivity contribution is 7.10. The molecule has 1 atom stereocenters. The van der Waals surface area contributed by atoms with E-state index >= 15 is 0 Å². The number of thiophene rings is 1. The van der Waals surface area contributed by atoms with Gasteiger partial charge in [0.05, 0.1) is 16.9 Å². The van der Waals surface area contributed by atoms with Crippen molar-refractivity contribution in [2.75, 3.05) is 14.2 Å². The van der Waals surface area contributed by atoms with Gasteiger partial charge in [0, 0.05) is 18.2 Å². The summed E-state index contributed by atoms with van der Waals surface area (Å²) in [5.41, 5.74) is 1.16. The lowest BCUT2D eigenvalue weighted by Crippen LogP contribution is -2.18. The van der Waals surface area contributed by atoms with Crippen LogP contribution in [0.25, 0.3) is 0 Å². The van der Waals surface area contributed by atoms with Gasteiger partial charge in [-0.25, -0.2) is 0 Å². The molecule has 20 heavy (non-hydrogen) atoms. The fourth-order valence-electron chi connectivity index (χ4n) is 2.05. The van der Waals surface area contributed by atoms with Crippen molar-refractivity contribution in [2.24, 2.45) is 0 Å². The van der Waals surface area contributed by atoms with Crippen LogP contribution in [0.5, 0.6) is 5.75 Å². The summed E-state index contributed by atoms with van der Waals surface area (Å²) in [7, 11) is 3.55. The Morgan fingerprint density at radius 3 is 2.60 bits per heavy atom. The SMILES string of the molecule is CNC(Cc1ccc([N+](=O)[O-])cc1)c1sccc1OC. The van der Waals surface area contributed by atoms with Crippen molar-refractivity contribution in [2.45, 2.75) is 12.5 Å². The molecule has 0 amide bonds. The Kier molecular flexibility index (Phi) is 4.70. The second-order valence-corrected chi connectivity index (χ2v) is 5.27. The van der Waals surface area contributed by atoms with Crippen LogP contribution in [-0.4, -0.2) is 19.1 Å². The van der Waals surface area contributed by atoms with E-state index in [0.29, 0.717) is 0 Å². The molecule has 1 heterocycles. The van der Waals surface area contributed by atoms with Gasteiger partial charge >= 0.3 is 0 Å². The fourth-order valence-corrected chi connectivity index (χ4v) is 3.02. The van der Waals surface area contributed by atoms with Crippen molar-refractivity contribution < 1.29 is 9.66 Å². The summed E-state index contributed by atoms with van der Waals surface area (Å²) >= 11 is 1.64. The first-order valence-corrected chi connectivity index (χ1v) is 7.05. The predicted molar refractivity (Wildman–Crippen MR) is 79.5 cm³/mol. The Morgan fingerprint density at radius 2 is 2.05 bits per heavy atom. The number of hydrogen-bond donors (Lipinski definition) is 1. The Morgan fingerprint density at radius 1 is 1.35 bits per heavy atom. The van der Waals surface area contributed by atoms with E-state index in [1.807, 2.05) is 18.5 Å². The lowest BCUT2D eigenvalue weighted by Gasteiger charge is -2.16. The summed E-state index contributed by atoms with van der Waals surface area (Å²) in [5.74, 6) is 0.872. The third-order valence-corrected chi connectivity index (χ3v) is 4.14. The molecular weight excluding hydrogens is 276 g/mol. The minimum absolute atomic E-state index is 0.114. The normalized spacial score (nSPS) is 12.1. The lowest BCUT2D eigenvalue weighted by molar-refractivity contribution is -0.384. The van der Waals surface area contributed by atoms with Crippen LogP contribution in [0.2, 0.25) is 0 Å². The van der Waals surface area contributed by atoms with Crippen LogP contribution in [0.3, 0.4) is 0 Å². The number of hydrogen-bond acceptors (Lipinski definition) is 5. The van der Waals surface area contributed by atoms with Crippen molar-refractivity contribution in [3.63, 3.8) is 0 Å². The lowest BCUT2D eigenvalue weighted by atomic mass is 10.0. The molecule has 1 aromatic heterocycles. The number of non-ortho nitro benzene ring substituents is 1. The van der Waals surface area contributed by atoms with Gasteiger partial charge in [-0.15, -0.1) is 11.3 Å². The molecular formula is C14H16N2O3S. The highest BCUT2D eigenvalue weighted by atomic mass is 32.1. The van der Waals surface area contributed by atoms with Crippen molar-refractivity contribution in [3.05, 3.63) is 56.3 Å². The number of ether oxygens (including phenoxy) is 1. The summed E-state index contributed by atoms with van der Waals surface area (Å²) in [6.45, 7) is 0. The number of methoxy groups -OCH3 is 1. The third kappa shape index (κ3) is 3.15. The maximum atomic E-state index is 10.6. The summed E-state index contributed by atoms with van der Waals surface area (Å²) in [4.78, 5) is 11.4. The van der Waals surface area contributed by atoms with Crippen LogP contribution in [0.4, 0.5) is 5.69 Å². The van der Waals surface area contributed by atoms with Crippen molar-refractivity contribution >= 4 is 17.0 Å². The number of rotatable bonds is 6. The van der Waals surface area contributed by atoms with Gasteiger partial charge in [-0.1, -0.05) is 12.1 Å². The quantitative estimate of drug-likeness (QED) is 0.656. The molecule has 5 nitrogen and oxygen atoms in total. The minimum atomic E-state index is -0.387. The Balaban J connectivity index is 2.16. The molecule has 1 N–H and O–H groups in total. The molecule has 6 heteroatoms. The van der Waals surface area contributed by atoms with E-state index in [4.69, 9.17) is 4.74 Å². The second kappa shape index (κ2) is 6.49. The zero-order valence-electron chi connectivity index (χ0n) is 11.3. The average Bonchev–Trinajstić information content (AvgIpc) is 2.93. The number of nitro groups is 1. The molecule has 0 fully saturated rings. The van der Waals surface area contributed by atoms with Crippen LogP contribution < -0.4 is 10.1 Å². The van der Waals surface area contributed by atoms with Gasteiger partial charge in [-0.05, 0) is 30.5 Å². The van der Waals surface area contributed by atoms with E-state index in [0.717, 1.165) is 22.6 Å². The molecule has 1 aromatic carbocycles. The van der Waals surface area contributed by atoms with Crippen LogP contribution in [0.15, 0.2) is 35.7 Å². The Hall–Kier alpha value is -1.92. The largest absolute Gasteiger partial charge is 0.496 e. The molecule has 0 aliphatic carbocycles. The molecule has 0 aliphatic heterocycles. The first-order chi connectivity index (χ1) is 9.65. The third-order valence-electron chi connectivity index (χ3n) is 3.13. The van der Waals surface area contributed by atoms with Gasteiger partial charge in [0.25, 0.3) is 5.69 Å². The summed E-state index contributed by atoms with van der Waals surface area (Å²) in [6, 6.07) is 8.73. The average molecular weight is 292 g/mol. The van der Waals surface area contributed by atoms with E-state index in [9.17, 15) is 10.1 Å². The van der Waals surface area contributed by atoms with Crippen LogP contribution >= 0.6 is 11.3 Å². The molecule has 0 bridgehead atoms. The van der Waals surface area contributed by atoms with E-state index in [-0.39, 0.29) is 16.7 Å². The number of nitrogens with zero attached hydrogens (tertiary/aromatic N) is 1. The second-order valence-electron chi connectivity index (χ2n) is 4.32. The highest BCUT2D eigenvalue weighted by Gasteiger charge is 2.17. The maximum absolute atomic E-state index is 10.6. The van der Waals surface area contributed by atoms with E-state index in [2.05, 4.69) is 5.32 Å². The molecule has 0 radical (unpaired) electrons. The van der Waals surface area contributed by atoms with Gasteiger partial charge in [-0.2, -0.15) is 0 Å². The summed E-state index contributed by atoms with van der Waals surface area (Å²) in [6.07, 6.45) is 0.755. The maximum Gasteiger partial charge on any atom is 0.269 e. The van der Waals surface area contributed by atoms with Crippen LogP contribution in [-0.2, 0) is 6.42 Å². The van der Waals surface area contributed by atoms with Gasteiger partial charge in [-0.3, -0.25) is 10.1 Å². The first-order valence-electron chi connectivity index (χ1n) is 6.17. The monoisotopic (exact) mass is 292 g/mol. The highest BCUT2D eigenvalue weighted by Crippen LogP contribution is 2.32. The molecule has 0 spiro atoms. The van der Waals surface area contributed by atoms with Crippen molar-refractivity contribution in [1.29, 1.82) is 0 Å². The van der Waals surface area contributed by atoms with Crippen molar-refractivity contribution in [3.8, 4) is 5.75 Å². The van der Waals surface area contributed by atoms with Gasteiger partial charge < -0.3 is 10.1 Å². The van der Waals surface area contributed by atoms with Gasteiger partial charge in [0.15, 0.2) is 0 Å². The fraction of sp³-hybridized carbons (Fsp3) is 0.286. The molecule has 0 aliphatic rings. The predicted octanol–water partition coefficient (Wildman–Crippen LogP) is 3.17. The summed E-state index contributed by atoms with van der Waals surface area (Å²) in [5, 5.41) is 15.9. The molecule has 1 unspecified atom stereocenters. The van der Waals surface area contributed by atoms with E-state index in [1.165, 1.54) is 12.1 Å². The molecule has 2 aromatic rings. The molecule has 0 saturated carbocycles. The first kappa shape index (κ1) is 14.5. The zero-order chi connectivity index (χ0) is 14.5. The summed E-state index contributed by atoms with van der Waals surface area (Å²) < 4.78 is 5.34. The molecule has 0 saturated heterocycles. The zero-order valence-corrected chi connectivity index (χ0v) is 12.1. The number of nitrogens with one attached hydrogen (secondary N) is 1. The topological polar surface area (TPSA) is 64.4 Å². The number of nitro benzene ring substituents is 1. The van der Waals surface area contributed by atoms with Crippen LogP contribution in [0.1, 0.15) is 16.5 Å². The molecule has 2 rings (SSSR count). The van der Waals surface area contributed by atoms with Gasteiger partial charge in [0.2, 0.25) is 0 Å². The molecule has 106 valence electrons. The minimum Gasteiger partial charge on any atom is -0.496 e. The van der Waals surface area contributed by atoms with Crippen LogP contribution in [0, 0.1) is 10.1 Å². The van der Waals surface area contributed by atoms with Crippen molar-refractivity contribution in [1.82, 2.24) is 5.32 Å². The van der Waals surface area contributed by atoms with Gasteiger partial charge in [0.1, 0.15) is 5.75 Å². The smallest absolute Gasteiger partial charge is 0.269 e.